The van der Waals surface area contributed by atoms with Crippen LogP contribution >= 0.6 is 0 Å². The first-order valence-corrected chi connectivity index (χ1v) is 7.71. The number of nitrogens with zero attached hydrogens (tertiary/aromatic N) is 3. The van der Waals surface area contributed by atoms with Gasteiger partial charge in [0.1, 0.15) is 5.82 Å². The second kappa shape index (κ2) is 8.74. The van der Waals surface area contributed by atoms with Crippen molar-refractivity contribution < 1.29 is 14.3 Å². The van der Waals surface area contributed by atoms with E-state index >= 15 is 0 Å². The summed E-state index contributed by atoms with van der Waals surface area (Å²) >= 11 is 0. The van der Waals surface area contributed by atoms with Gasteiger partial charge in [0.05, 0.1) is 12.7 Å². The third kappa shape index (κ3) is 5.54. The van der Waals surface area contributed by atoms with Gasteiger partial charge in [-0.2, -0.15) is 0 Å². The van der Waals surface area contributed by atoms with Crippen LogP contribution in [0.4, 0.5) is 11.5 Å². The van der Waals surface area contributed by atoms with Crippen LogP contribution in [0.1, 0.15) is 20.8 Å². The topological polar surface area (TPSA) is 96.4 Å². The van der Waals surface area contributed by atoms with Crippen molar-refractivity contribution in [2.75, 3.05) is 44.9 Å². The van der Waals surface area contributed by atoms with Gasteiger partial charge in [0.15, 0.2) is 5.69 Å². The number of aromatic nitrogens is 2. The standard InChI is InChI=1S/C17H21N5O3/c1-22(2)11-10-18-15-9-8-14(20-21-15)16(23)19-13-6-4-12(5-7-13)17(24)25-3/h4-9H,10-11H2,1-3H3,(H,18,21)(H,19,23). The van der Waals surface area contributed by atoms with Gasteiger partial charge in [-0.05, 0) is 50.5 Å². The summed E-state index contributed by atoms with van der Waals surface area (Å²) in [5, 5.41) is 13.7. The minimum Gasteiger partial charge on any atom is -0.465 e. The predicted octanol–water partition coefficient (Wildman–Crippen LogP) is 1.49. The number of anilines is 2. The van der Waals surface area contributed by atoms with E-state index < -0.39 is 5.97 Å². The molecule has 1 aromatic carbocycles. The molecule has 0 aliphatic heterocycles. The maximum Gasteiger partial charge on any atom is 0.337 e. The van der Waals surface area contributed by atoms with Crippen molar-refractivity contribution in [1.29, 1.82) is 0 Å². The molecule has 0 spiro atoms. The molecule has 1 aromatic heterocycles. The first-order chi connectivity index (χ1) is 12.0. The Morgan fingerprint density at radius 3 is 2.36 bits per heavy atom. The Labute approximate surface area is 146 Å². The summed E-state index contributed by atoms with van der Waals surface area (Å²) in [4.78, 5) is 25.6. The van der Waals surface area contributed by atoms with Crippen LogP contribution in [-0.4, -0.2) is 61.3 Å². The summed E-state index contributed by atoms with van der Waals surface area (Å²) in [6, 6.07) is 9.69. The number of hydrogen-bond donors (Lipinski definition) is 2. The number of rotatable bonds is 7. The van der Waals surface area contributed by atoms with E-state index in [0.29, 0.717) is 17.1 Å². The molecule has 1 heterocycles. The van der Waals surface area contributed by atoms with E-state index in [2.05, 4.69) is 25.6 Å². The fraction of sp³-hybridized carbons (Fsp3) is 0.294. The van der Waals surface area contributed by atoms with Crippen molar-refractivity contribution in [3.8, 4) is 0 Å². The molecule has 8 nitrogen and oxygen atoms in total. The average Bonchev–Trinajstić information content (AvgIpc) is 2.62. The Morgan fingerprint density at radius 2 is 1.80 bits per heavy atom. The van der Waals surface area contributed by atoms with Gasteiger partial charge < -0.3 is 20.3 Å². The molecule has 2 aromatic rings. The van der Waals surface area contributed by atoms with Crippen molar-refractivity contribution in [1.82, 2.24) is 15.1 Å². The molecule has 2 rings (SSSR count). The number of ether oxygens (including phenoxy) is 1. The highest BCUT2D eigenvalue weighted by Crippen LogP contribution is 2.12. The van der Waals surface area contributed by atoms with Gasteiger partial charge in [0.2, 0.25) is 0 Å². The quantitative estimate of drug-likeness (QED) is 0.735. The van der Waals surface area contributed by atoms with Gasteiger partial charge in [0, 0.05) is 18.8 Å². The second-order valence-corrected chi connectivity index (χ2v) is 5.56. The molecule has 0 radical (unpaired) electrons. The fourth-order valence-corrected chi connectivity index (χ4v) is 1.96. The van der Waals surface area contributed by atoms with Crippen LogP contribution in [0.25, 0.3) is 0 Å². The molecule has 25 heavy (non-hydrogen) atoms. The van der Waals surface area contributed by atoms with E-state index in [0.717, 1.165) is 13.1 Å². The molecule has 0 atom stereocenters. The minimum absolute atomic E-state index is 0.204. The molecule has 0 aliphatic rings. The minimum atomic E-state index is -0.430. The van der Waals surface area contributed by atoms with Crippen LogP contribution in [0.15, 0.2) is 36.4 Å². The lowest BCUT2D eigenvalue weighted by Crippen LogP contribution is -2.21. The molecular formula is C17H21N5O3. The van der Waals surface area contributed by atoms with E-state index in [9.17, 15) is 9.59 Å². The van der Waals surface area contributed by atoms with Gasteiger partial charge in [-0.3, -0.25) is 4.79 Å². The first kappa shape index (κ1) is 18.3. The summed E-state index contributed by atoms with van der Waals surface area (Å²) < 4.78 is 4.63. The van der Waals surface area contributed by atoms with Crippen LogP contribution in [-0.2, 0) is 4.74 Å². The normalized spacial score (nSPS) is 10.4. The zero-order valence-corrected chi connectivity index (χ0v) is 14.4. The van der Waals surface area contributed by atoms with E-state index in [1.807, 2.05) is 19.0 Å². The summed E-state index contributed by atoms with van der Waals surface area (Å²) in [5.74, 6) is -0.194. The van der Waals surface area contributed by atoms with E-state index in [1.54, 1.807) is 36.4 Å². The fourth-order valence-electron chi connectivity index (χ4n) is 1.96. The zero-order valence-electron chi connectivity index (χ0n) is 14.4. The molecule has 0 saturated carbocycles. The highest BCUT2D eigenvalue weighted by molar-refractivity contribution is 6.03. The van der Waals surface area contributed by atoms with Gasteiger partial charge in [-0.1, -0.05) is 0 Å². The van der Waals surface area contributed by atoms with Crippen LogP contribution in [0.2, 0.25) is 0 Å². The molecule has 0 unspecified atom stereocenters. The number of esters is 1. The maximum absolute atomic E-state index is 12.2. The molecule has 0 fully saturated rings. The number of amides is 1. The van der Waals surface area contributed by atoms with Gasteiger partial charge in [0.25, 0.3) is 5.91 Å². The zero-order chi connectivity index (χ0) is 18.2. The van der Waals surface area contributed by atoms with E-state index in [1.165, 1.54) is 7.11 Å². The summed E-state index contributed by atoms with van der Waals surface area (Å²) in [6.45, 7) is 1.60. The van der Waals surface area contributed by atoms with Gasteiger partial charge >= 0.3 is 5.97 Å². The lowest BCUT2D eigenvalue weighted by Gasteiger charge is -2.10. The summed E-state index contributed by atoms with van der Waals surface area (Å²) in [5.41, 5.74) is 1.16. The molecule has 0 saturated heterocycles. The number of hydrogen-bond acceptors (Lipinski definition) is 7. The summed E-state index contributed by atoms with van der Waals surface area (Å²) in [7, 11) is 5.28. The Balaban J connectivity index is 1.93. The number of carbonyl (C=O) groups excluding carboxylic acids is 2. The number of carbonyl (C=O) groups is 2. The van der Waals surface area contributed by atoms with Crippen molar-refractivity contribution >= 4 is 23.4 Å². The molecule has 2 N–H and O–H groups in total. The second-order valence-electron chi connectivity index (χ2n) is 5.56. The molecular weight excluding hydrogens is 322 g/mol. The highest BCUT2D eigenvalue weighted by Gasteiger charge is 2.10. The Morgan fingerprint density at radius 1 is 1.08 bits per heavy atom. The van der Waals surface area contributed by atoms with Crippen molar-refractivity contribution in [3.05, 3.63) is 47.7 Å². The third-order valence-electron chi connectivity index (χ3n) is 3.33. The van der Waals surface area contributed by atoms with Gasteiger partial charge in [-0.25, -0.2) is 4.79 Å². The Bertz CT molecular complexity index is 714. The SMILES string of the molecule is COC(=O)c1ccc(NC(=O)c2ccc(NCCN(C)C)nn2)cc1. The smallest absolute Gasteiger partial charge is 0.337 e. The number of methoxy groups -OCH3 is 1. The first-order valence-electron chi connectivity index (χ1n) is 7.71. The van der Waals surface area contributed by atoms with Gasteiger partial charge in [-0.15, -0.1) is 10.2 Å². The maximum atomic E-state index is 12.2. The monoisotopic (exact) mass is 343 g/mol. The predicted molar refractivity (Wildman–Crippen MR) is 94.8 cm³/mol. The Kier molecular flexibility index (Phi) is 6.41. The lowest BCUT2D eigenvalue weighted by atomic mass is 10.2. The highest BCUT2D eigenvalue weighted by atomic mass is 16.5. The average molecular weight is 343 g/mol. The summed E-state index contributed by atoms with van der Waals surface area (Å²) in [6.07, 6.45) is 0. The molecule has 8 heteroatoms. The van der Waals surface area contributed by atoms with Crippen LogP contribution in [0.5, 0.6) is 0 Å². The lowest BCUT2D eigenvalue weighted by molar-refractivity contribution is 0.0600. The third-order valence-corrected chi connectivity index (χ3v) is 3.33. The van der Waals surface area contributed by atoms with Crippen LogP contribution < -0.4 is 10.6 Å². The van der Waals surface area contributed by atoms with Crippen molar-refractivity contribution in [3.63, 3.8) is 0 Å². The van der Waals surface area contributed by atoms with Crippen molar-refractivity contribution in [2.24, 2.45) is 0 Å². The van der Waals surface area contributed by atoms with Crippen molar-refractivity contribution in [2.45, 2.75) is 0 Å². The number of nitrogens with one attached hydrogen (secondary N) is 2. The number of benzene rings is 1. The molecule has 0 aliphatic carbocycles. The van der Waals surface area contributed by atoms with Crippen LogP contribution in [0.3, 0.4) is 0 Å². The number of likely N-dealkylation sites (N-methyl/N-ethyl adjacent to an activating group) is 1. The largest absolute Gasteiger partial charge is 0.465 e. The van der Waals surface area contributed by atoms with Crippen LogP contribution in [0, 0.1) is 0 Å². The van der Waals surface area contributed by atoms with E-state index in [-0.39, 0.29) is 11.6 Å². The van der Waals surface area contributed by atoms with E-state index in [4.69, 9.17) is 0 Å². The molecule has 0 bridgehead atoms. The Hall–Kier alpha value is -3.00. The molecule has 132 valence electrons. The molecule has 1 amide bonds.